The van der Waals surface area contributed by atoms with E-state index in [1.807, 2.05) is 19.3 Å². The van der Waals surface area contributed by atoms with E-state index in [0.717, 1.165) is 5.56 Å². The molecule has 1 aliphatic rings. The molecule has 1 unspecified atom stereocenters. The molecule has 1 aromatic rings. The van der Waals surface area contributed by atoms with Gasteiger partial charge in [0, 0.05) is 25.0 Å². The summed E-state index contributed by atoms with van der Waals surface area (Å²) in [6, 6.07) is 0.324. The Bertz CT molecular complexity index is 316. The van der Waals surface area contributed by atoms with E-state index in [1.54, 1.807) is 0 Å². The monoisotopic (exact) mass is 220 g/mol. The van der Waals surface area contributed by atoms with Gasteiger partial charge in [0.25, 0.3) is 0 Å². The topological polar surface area (TPSA) is 63.8 Å². The molecule has 0 spiro atoms. The first kappa shape index (κ1) is 11.3. The summed E-state index contributed by atoms with van der Waals surface area (Å²) in [6.45, 7) is 2.64. The number of aryl methyl sites for hydroxylation is 1. The third-order valence-corrected chi connectivity index (χ3v) is 3.32. The minimum absolute atomic E-state index is 0.324. The van der Waals surface area contributed by atoms with Crippen LogP contribution in [0.3, 0.4) is 0 Å². The van der Waals surface area contributed by atoms with E-state index in [2.05, 4.69) is 15.3 Å². The van der Waals surface area contributed by atoms with Gasteiger partial charge in [0.15, 0.2) is 0 Å². The summed E-state index contributed by atoms with van der Waals surface area (Å²) in [5, 5.41) is 3.35. The summed E-state index contributed by atoms with van der Waals surface area (Å²) in [5.74, 6) is 1.39. The first-order valence-corrected chi connectivity index (χ1v) is 6.05. The predicted octanol–water partition coefficient (Wildman–Crippen LogP) is 1.71. The van der Waals surface area contributed by atoms with Crippen LogP contribution in [0.2, 0.25) is 0 Å². The Kier molecular flexibility index (Phi) is 3.72. The second-order valence-corrected chi connectivity index (χ2v) is 4.62. The van der Waals surface area contributed by atoms with Gasteiger partial charge in [-0.05, 0) is 31.2 Å². The van der Waals surface area contributed by atoms with E-state index in [0.29, 0.717) is 24.5 Å². The van der Waals surface area contributed by atoms with E-state index in [1.165, 1.54) is 25.7 Å². The van der Waals surface area contributed by atoms with Gasteiger partial charge in [-0.2, -0.15) is 0 Å². The van der Waals surface area contributed by atoms with Gasteiger partial charge in [-0.1, -0.05) is 12.8 Å². The first-order chi connectivity index (χ1) is 7.79. The Balaban J connectivity index is 1.97. The normalized spacial score (nSPS) is 18.6. The van der Waals surface area contributed by atoms with Crippen LogP contribution in [0.1, 0.15) is 31.2 Å². The molecule has 0 aliphatic heterocycles. The SMILES string of the molecule is Cc1cnc(NC(CN)C2CCCC2)nc1. The van der Waals surface area contributed by atoms with Gasteiger partial charge >= 0.3 is 0 Å². The molecule has 0 amide bonds. The van der Waals surface area contributed by atoms with Crippen LogP contribution in [0, 0.1) is 12.8 Å². The van der Waals surface area contributed by atoms with Crippen molar-refractivity contribution in [1.82, 2.24) is 9.97 Å². The van der Waals surface area contributed by atoms with E-state index in [9.17, 15) is 0 Å². The third kappa shape index (κ3) is 2.70. The molecule has 1 aliphatic carbocycles. The molecule has 0 saturated heterocycles. The van der Waals surface area contributed by atoms with Gasteiger partial charge < -0.3 is 11.1 Å². The van der Waals surface area contributed by atoms with E-state index < -0.39 is 0 Å². The second-order valence-electron chi connectivity index (χ2n) is 4.62. The summed E-state index contributed by atoms with van der Waals surface area (Å²) in [6.07, 6.45) is 8.88. The van der Waals surface area contributed by atoms with Gasteiger partial charge in [0.2, 0.25) is 5.95 Å². The quantitative estimate of drug-likeness (QED) is 0.811. The zero-order valence-corrected chi connectivity index (χ0v) is 9.82. The molecule has 4 nitrogen and oxygen atoms in total. The number of aromatic nitrogens is 2. The predicted molar refractivity (Wildman–Crippen MR) is 65.2 cm³/mol. The molecule has 1 heterocycles. The minimum atomic E-state index is 0.324. The zero-order chi connectivity index (χ0) is 11.4. The molecule has 0 radical (unpaired) electrons. The van der Waals surface area contributed by atoms with Crippen molar-refractivity contribution in [1.29, 1.82) is 0 Å². The second kappa shape index (κ2) is 5.25. The maximum atomic E-state index is 5.81. The fraction of sp³-hybridized carbons (Fsp3) is 0.667. The van der Waals surface area contributed by atoms with Crippen molar-refractivity contribution in [2.45, 2.75) is 38.6 Å². The maximum absolute atomic E-state index is 5.81. The molecule has 1 fully saturated rings. The molecule has 0 aromatic carbocycles. The number of hydrogen-bond acceptors (Lipinski definition) is 4. The highest BCUT2D eigenvalue weighted by molar-refractivity contribution is 5.26. The van der Waals surface area contributed by atoms with Gasteiger partial charge in [-0.25, -0.2) is 9.97 Å². The molecule has 88 valence electrons. The van der Waals surface area contributed by atoms with E-state index in [-0.39, 0.29) is 0 Å². The van der Waals surface area contributed by atoms with Crippen LogP contribution < -0.4 is 11.1 Å². The molecule has 1 atom stereocenters. The van der Waals surface area contributed by atoms with Crippen LogP contribution in [-0.4, -0.2) is 22.6 Å². The van der Waals surface area contributed by atoms with Crippen LogP contribution in [-0.2, 0) is 0 Å². The standard InChI is InChI=1S/C12H20N4/c1-9-7-14-12(15-8-9)16-11(6-13)10-4-2-3-5-10/h7-8,10-11H,2-6,13H2,1H3,(H,14,15,16). The summed E-state index contributed by atoms with van der Waals surface area (Å²) >= 11 is 0. The van der Waals surface area contributed by atoms with Crippen LogP contribution >= 0.6 is 0 Å². The molecule has 16 heavy (non-hydrogen) atoms. The lowest BCUT2D eigenvalue weighted by Crippen LogP contribution is -2.35. The fourth-order valence-electron chi connectivity index (χ4n) is 2.36. The molecule has 3 N–H and O–H groups in total. The van der Waals surface area contributed by atoms with Crippen molar-refractivity contribution in [3.05, 3.63) is 18.0 Å². The lowest BCUT2D eigenvalue weighted by atomic mass is 9.98. The summed E-state index contributed by atoms with van der Waals surface area (Å²) < 4.78 is 0. The van der Waals surface area contributed by atoms with Crippen LogP contribution in [0.25, 0.3) is 0 Å². The van der Waals surface area contributed by atoms with Crippen molar-refractivity contribution in [3.63, 3.8) is 0 Å². The molecule has 2 rings (SSSR count). The molecule has 4 heteroatoms. The number of nitrogens with one attached hydrogen (secondary N) is 1. The minimum Gasteiger partial charge on any atom is -0.350 e. The largest absolute Gasteiger partial charge is 0.350 e. The molecular weight excluding hydrogens is 200 g/mol. The number of anilines is 1. The van der Waals surface area contributed by atoms with Crippen molar-refractivity contribution in [2.75, 3.05) is 11.9 Å². The van der Waals surface area contributed by atoms with Crippen molar-refractivity contribution in [3.8, 4) is 0 Å². The Morgan fingerprint density at radius 3 is 2.56 bits per heavy atom. The highest BCUT2D eigenvalue weighted by Crippen LogP contribution is 2.28. The molecule has 0 bridgehead atoms. The Morgan fingerprint density at radius 1 is 1.38 bits per heavy atom. The van der Waals surface area contributed by atoms with Crippen molar-refractivity contribution >= 4 is 5.95 Å². The lowest BCUT2D eigenvalue weighted by molar-refractivity contribution is 0.460. The number of nitrogens with two attached hydrogens (primary N) is 1. The first-order valence-electron chi connectivity index (χ1n) is 6.05. The van der Waals surface area contributed by atoms with Gasteiger partial charge in [0.1, 0.15) is 0 Å². The average molecular weight is 220 g/mol. The smallest absolute Gasteiger partial charge is 0.222 e. The number of nitrogens with zero attached hydrogens (tertiary/aromatic N) is 2. The van der Waals surface area contributed by atoms with Gasteiger partial charge in [0.05, 0.1) is 0 Å². The molecular formula is C12H20N4. The van der Waals surface area contributed by atoms with E-state index >= 15 is 0 Å². The van der Waals surface area contributed by atoms with Crippen molar-refractivity contribution < 1.29 is 0 Å². The van der Waals surface area contributed by atoms with Crippen LogP contribution in [0.15, 0.2) is 12.4 Å². The number of rotatable bonds is 4. The highest BCUT2D eigenvalue weighted by atomic mass is 15.1. The fourth-order valence-corrected chi connectivity index (χ4v) is 2.36. The number of hydrogen-bond donors (Lipinski definition) is 2. The highest BCUT2D eigenvalue weighted by Gasteiger charge is 2.24. The maximum Gasteiger partial charge on any atom is 0.222 e. The lowest BCUT2D eigenvalue weighted by Gasteiger charge is -2.22. The van der Waals surface area contributed by atoms with Crippen molar-refractivity contribution in [2.24, 2.45) is 11.7 Å². The van der Waals surface area contributed by atoms with E-state index in [4.69, 9.17) is 5.73 Å². The van der Waals surface area contributed by atoms with Gasteiger partial charge in [-0.3, -0.25) is 0 Å². The third-order valence-electron chi connectivity index (χ3n) is 3.32. The molecule has 1 saturated carbocycles. The summed E-state index contributed by atoms with van der Waals surface area (Å²) in [5.41, 5.74) is 6.89. The Hall–Kier alpha value is -1.16. The summed E-state index contributed by atoms with van der Waals surface area (Å²) in [4.78, 5) is 8.52. The van der Waals surface area contributed by atoms with Crippen LogP contribution in [0.4, 0.5) is 5.95 Å². The Morgan fingerprint density at radius 2 is 2.00 bits per heavy atom. The molecule has 1 aromatic heterocycles. The summed E-state index contributed by atoms with van der Waals surface area (Å²) in [7, 11) is 0. The van der Waals surface area contributed by atoms with Gasteiger partial charge in [-0.15, -0.1) is 0 Å². The Labute approximate surface area is 96.7 Å². The zero-order valence-electron chi connectivity index (χ0n) is 9.82. The average Bonchev–Trinajstić information content (AvgIpc) is 2.82. The van der Waals surface area contributed by atoms with Crippen LogP contribution in [0.5, 0.6) is 0 Å².